The number of benzene rings is 1. The normalized spacial score (nSPS) is 10.4. The van der Waals surface area contributed by atoms with E-state index in [0.717, 1.165) is 6.42 Å². The van der Waals surface area contributed by atoms with Crippen molar-refractivity contribution in [1.29, 1.82) is 0 Å². The van der Waals surface area contributed by atoms with Gasteiger partial charge in [-0.05, 0) is 31.5 Å². The Morgan fingerprint density at radius 3 is 2.58 bits per heavy atom. The van der Waals surface area contributed by atoms with Gasteiger partial charge >= 0.3 is 5.97 Å². The standard InChI is InChI=1S/C18H19ClN2O5/c1-3-6-20-17(24)12-5-4-11(7-13(12)19)21-18(25)16-10(2)9-26-14(16)8-15(22)23/h4-5,7,9H,3,6,8H2,1-2H3,(H,20,24)(H,21,25)(H,22,23). The van der Waals surface area contributed by atoms with E-state index >= 15 is 0 Å². The predicted molar refractivity (Wildman–Crippen MR) is 96.8 cm³/mol. The van der Waals surface area contributed by atoms with Crippen molar-refractivity contribution in [1.82, 2.24) is 5.32 Å². The number of carboxylic acids is 1. The van der Waals surface area contributed by atoms with E-state index in [0.29, 0.717) is 23.4 Å². The van der Waals surface area contributed by atoms with Gasteiger partial charge in [0, 0.05) is 17.8 Å². The van der Waals surface area contributed by atoms with Crippen LogP contribution >= 0.6 is 11.6 Å². The summed E-state index contributed by atoms with van der Waals surface area (Å²) in [7, 11) is 0. The maximum absolute atomic E-state index is 12.5. The quantitative estimate of drug-likeness (QED) is 0.685. The van der Waals surface area contributed by atoms with E-state index in [2.05, 4.69) is 10.6 Å². The number of amides is 2. The Morgan fingerprint density at radius 1 is 1.23 bits per heavy atom. The number of aliphatic carboxylic acids is 1. The van der Waals surface area contributed by atoms with E-state index < -0.39 is 18.3 Å². The van der Waals surface area contributed by atoms with Crippen molar-refractivity contribution in [2.24, 2.45) is 0 Å². The zero-order valence-electron chi connectivity index (χ0n) is 14.4. The Hall–Kier alpha value is -2.80. The summed E-state index contributed by atoms with van der Waals surface area (Å²) in [5, 5.41) is 14.5. The maximum atomic E-state index is 12.5. The number of nitrogens with one attached hydrogen (secondary N) is 2. The summed E-state index contributed by atoms with van der Waals surface area (Å²) in [6, 6.07) is 4.53. The molecule has 1 aromatic heterocycles. The molecule has 0 fully saturated rings. The largest absolute Gasteiger partial charge is 0.481 e. The molecule has 0 bridgehead atoms. The van der Waals surface area contributed by atoms with Gasteiger partial charge in [-0.15, -0.1) is 0 Å². The fraction of sp³-hybridized carbons (Fsp3) is 0.278. The molecule has 0 unspecified atom stereocenters. The molecule has 0 spiro atoms. The molecule has 0 aliphatic carbocycles. The minimum atomic E-state index is -1.10. The Labute approximate surface area is 155 Å². The number of carboxylic acid groups (broad SMARTS) is 1. The van der Waals surface area contributed by atoms with Gasteiger partial charge in [-0.2, -0.15) is 0 Å². The lowest BCUT2D eigenvalue weighted by atomic mass is 10.1. The van der Waals surface area contributed by atoms with Gasteiger partial charge in [0.25, 0.3) is 11.8 Å². The number of hydrogen-bond acceptors (Lipinski definition) is 4. The zero-order chi connectivity index (χ0) is 19.3. The molecule has 0 aliphatic rings. The van der Waals surface area contributed by atoms with Crippen molar-refractivity contribution in [3.05, 3.63) is 51.9 Å². The predicted octanol–water partition coefficient (Wildman–Crippen LogP) is 3.26. The van der Waals surface area contributed by atoms with Crippen LogP contribution in [0.2, 0.25) is 5.02 Å². The molecule has 0 aliphatic heterocycles. The first-order valence-electron chi connectivity index (χ1n) is 8.01. The number of carbonyl (C=O) groups is 3. The van der Waals surface area contributed by atoms with Crippen molar-refractivity contribution in [3.8, 4) is 0 Å². The highest BCUT2D eigenvalue weighted by Crippen LogP contribution is 2.23. The number of aryl methyl sites for hydroxylation is 1. The Morgan fingerprint density at radius 2 is 1.96 bits per heavy atom. The van der Waals surface area contributed by atoms with Gasteiger partial charge in [0.1, 0.15) is 12.2 Å². The van der Waals surface area contributed by atoms with Crippen molar-refractivity contribution in [2.45, 2.75) is 26.7 Å². The summed E-state index contributed by atoms with van der Waals surface area (Å²) in [5.74, 6) is -1.82. The highest BCUT2D eigenvalue weighted by molar-refractivity contribution is 6.34. The van der Waals surface area contributed by atoms with Crippen LogP contribution in [0.4, 0.5) is 5.69 Å². The maximum Gasteiger partial charge on any atom is 0.311 e. The number of hydrogen-bond donors (Lipinski definition) is 3. The van der Waals surface area contributed by atoms with Crippen molar-refractivity contribution < 1.29 is 23.9 Å². The summed E-state index contributed by atoms with van der Waals surface area (Å²) in [6.45, 7) is 4.13. The smallest absolute Gasteiger partial charge is 0.311 e. The molecule has 8 heteroatoms. The van der Waals surface area contributed by atoms with Crippen LogP contribution in [0.15, 0.2) is 28.9 Å². The number of carbonyl (C=O) groups excluding carboxylic acids is 2. The van der Waals surface area contributed by atoms with Crippen LogP contribution in [0.1, 0.15) is 45.4 Å². The van der Waals surface area contributed by atoms with Crippen molar-refractivity contribution >= 4 is 35.1 Å². The molecule has 2 amide bonds. The molecular formula is C18H19ClN2O5. The van der Waals surface area contributed by atoms with Gasteiger partial charge in [-0.3, -0.25) is 14.4 Å². The summed E-state index contributed by atoms with van der Waals surface area (Å²) < 4.78 is 5.16. The van der Waals surface area contributed by atoms with Gasteiger partial charge in [-0.1, -0.05) is 18.5 Å². The van der Waals surface area contributed by atoms with E-state index in [-0.39, 0.29) is 22.3 Å². The molecule has 2 rings (SSSR count). The lowest BCUT2D eigenvalue weighted by molar-refractivity contribution is -0.136. The fourth-order valence-electron chi connectivity index (χ4n) is 2.37. The number of furan rings is 1. The number of anilines is 1. The van der Waals surface area contributed by atoms with Crippen LogP contribution in [0.5, 0.6) is 0 Å². The monoisotopic (exact) mass is 378 g/mol. The van der Waals surface area contributed by atoms with Crippen LogP contribution in [0, 0.1) is 6.92 Å². The lowest BCUT2D eigenvalue weighted by Gasteiger charge is -2.09. The van der Waals surface area contributed by atoms with Gasteiger partial charge in [0.05, 0.1) is 22.4 Å². The third-order valence-corrected chi connectivity index (χ3v) is 3.91. The zero-order valence-corrected chi connectivity index (χ0v) is 15.1. The Balaban J connectivity index is 2.18. The van der Waals surface area contributed by atoms with Crippen LogP contribution in [0.3, 0.4) is 0 Å². The summed E-state index contributed by atoms with van der Waals surface area (Å²) in [5.41, 5.74) is 1.40. The molecule has 0 radical (unpaired) electrons. The third kappa shape index (κ3) is 4.64. The minimum Gasteiger partial charge on any atom is -0.481 e. The second kappa shape index (κ2) is 8.53. The highest BCUT2D eigenvalue weighted by atomic mass is 35.5. The second-order valence-corrected chi connectivity index (χ2v) is 6.10. The van der Waals surface area contributed by atoms with Crippen LogP contribution in [0.25, 0.3) is 0 Å². The molecule has 7 nitrogen and oxygen atoms in total. The average molecular weight is 379 g/mol. The molecular weight excluding hydrogens is 360 g/mol. The molecule has 0 atom stereocenters. The second-order valence-electron chi connectivity index (χ2n) is 5.69. The molecule has 26 heavy (non-hydrogen) atoms. The highest BCUT2D eigenvalue weighted by Gasteiger charge is 2.21. The minimum absolute atomic E-state index is 0.0779. The van der Waals surface area contributed by atoms with Crippen LogP contribution < -0.4 is 10.6 Å². The van der Waals surface area contributed by atoms with E-state index in [9.17, 15) is 14.4 Å². The third-order valence-electron chi connectivity index (χ3n) is 3.60. The van der Waals surface area contributed by atoms with E-state index in [1.165, 1.54) is 18.4 Å². The van der Waals surface area contributed by atoms with Crippen LogP contribution in [-0.4, -0.2) is 29.4 Å². The Bertz CT molecular complexity index is 844. The molecule has 2 aromatic rings. The van der Waals surface area contributed by atoms with Gasteiger partial charge in [-0.25, -0.2) is 0 Å². The Kier molecular flexibility index (Phi) is 6.41. The average Bonchev–Trinajstić information content (AvgIpc) is 2.92. The van der Waals surface area contributed by atoms with Crippen molar-refractivity contribution in [3.63, 3.8) is 0 Å². The fourth-order valence-corrected chi connectivity index (χ4v) is 2.64. The number of rotatable bonds is 7. The lowest BCUT2D eigenvalue weighted by Crippen LogP contribution is -2.24. The summed E-state index contributed by atoms with van der Waals surface area (Å²) in [4.78, 5) is 35.4. The molecule has 0 saturated heterocycles. The molecule has 1 heterocycles. The van der Waals surface area contributed by atoms with E-state index in [4.69, 9.17) is 21.1 Å². The number of halogens is 1. The summed E-state index contributed by atoms with van der Waals surface area (Å²) in [6.07, 6.45) is 1.75. The van der Waals surface area contributed by atoms with Gasteiger partial charge < -0.3 is 20.2 Å². The molecule has 3 N–H and O–H groups in total. The first kappa shape index (κ1) is 19.5. The summed E-state index contributed by atoms with van der Waals surface area (Å²) >= 11 is 6.13. The van der Waals surface area contributed by atoms with Crippen molar-refractivity contribution in [2.75, 3.05) is 11.9 Å². The molecule has 1 aromatic carbocycles. The van der Waals surface area contributed by atoms with E-state index in [1.54, 1.807) is 13.0 Å². The van der Waals surface area contributed by atoms with E-state index in [1.807, 2.05) is 6.92 Å². The SMILES string of the molecule is CCCNC(=O)c1ccc(NC(=O)c2c(C)coc2CC(=O)O)cc1Cl. The van der Waals surface area contributed by atoms with Crippen LogP contribution in [-0.2, 0) is 11.2 Å². The van der Waals surface area contributed by atoms with Gasteiger partial charge in [0.15, 0.2) is 0 Å². The first-order valence-corrected chi connectivity index (χ1v) is 8.39. The molecule has 0 saturated carbocycles. The first-order chi connectivity index (χ1) is 12.3. The van der Waals surface area contributed by atoms with Gasteiger partial charge in [0.2, 0.25) is 0 Å². The topological polar surface area (TPSA) is 109 Å². The molecule has 138 valence electrons.